The monoisotopic (exact) mass is 610 g/mol. The smallest absolute Gasteiger partial charge is 0.168 e. The van der Waals surface area contributed by atoms with E-state index in [4.69, 9.17) is 144 Å². The molecule has 0 saturated heterocycles. The van der Waals surface area contributed by atoms with Crippen molar-refractivity contribution < 1.29 is 4.74 Å². The summed E-state index contributed by atoms with van der Waals surface area (Å²) in [6, 6.07) is 0. The highest BCUT2D eigenvalue weighted by Gasteiger charge is 2.82. The zero-order valence-electron chi connectivity index (χ0n) is 12.5. The van der Waals surface area contributed by atoms with Crippen LogP contribution in [0.2, 0.25) is 0 Å². The van der Waals surface area contributed by atoms with Crippen LogP contribution in [-0.2, 0) is 4.74 Å². The Morgan fingerprint density at radius 1 is 0.556 bits per heavy atom. The van der Waals surface area contributed by atoms with Crippen LogP contribution in [0.15, 0.2) is 20.1 Å². The SMILES string of the molecule is ClC1=C(Cl)C2(Cl)C(OC3CC4(Cl)C(Cl)=C(Cl)C3(Cl)C4(Cl)Cl)CC1(Cl)C2(Cl)Cl. The molecule has 0 heterocycles. The maximum Gasteiger partial charge on any atom is 0.168 e. The van der Waals surface area contributed by atoms with Crippen LogP contribution in [0.1, 0.15) is 12.8 Å². The first kappa shape index (κ1) is 23.1. The summed E-state index contributed by atoms with van der Waals surface area (Å²) in [4.78, 5) is -6.11. The summed E-state index contributed by atoms with van der Waals surface area (Å²) < 4.78 is 2.68. The van der Waals surface area contributed by atoms with Crippen molar-refractivity contribution in [3.63, 3.8) is 0 Å². The summed E-state index contributed by atoms with van der Waals surface area (Å²) in [5.74, 6) is 0. The molecular formula is C14H6Cl12O. The van der Waals surface area contributed by atoms with Crippen molar-refractivity contribution in [2.75, 3.05) is 0 Å². The molecule has 0 spiro atoms. The first-order valence-electron chi connectivity index (χ1n) is 7.34. The number of allylic oxidation sites excluding steroid dienone is 2. The molecule has 0 N–H and O–H groups in total. The van der Waals surface area contributed by atoms with E-state index in [1.54, 1.807) is 0 Å². The van der Waals surface area contributed by atoms with Crippen molar-refractivity contribution in [3.8, 4) is 0 Å². The lowest BCUT2D eigenvalue weighted by Gasteiger charge is -2.39. The van der Waals surface area contributed by atoms with Crippen LogP contribution in [0.5, 0.6) is 0 Å². The molecule has 6 unspecified atom stereocenters. The van der Waals surface area contributed by atoms with Gasteiger partial charge in [-0.25, -0.2) is 0 Å². The molecule has 13 heteroatoms. The molecule has 0 aromatic carbocycles. The van der Waals surface area contributed by atoms with Gasteiger partial charge >= 0.3 is 0 Å². The van der Waals surface area contributed by atoms with Crippen molar-refractivity contribution in [1.29, 1.82) is 0 Å². The van der Waals surface area contributed by atoms with Crippen molar-refractivity contribution in [3.05, 3.63) is 20.1 Å². The Kier molecular flexibility index (Phi) is 5.37. The minimum absolute atomic E-state index is 0.00266. The minimum Gasteiger partial charge on any atom is -0.370 e. The molecular weight excluding hydrogens is 610 g/mol. The first-order chi connectivity index (χ1) is 12.0. The van der Waals surface area contributed by atoms with E-state index in [0.29, 0.717) is 0 Å². The van der Waals surface area contributed by atoms with E-state index < -0.39 is 40.4 Å². The second-order valence-electron chi connectivity index (χ2n) is 6.95. The first-order valence-corrected chi connectivity index (χ1v) is 11.9. The normalized spacial score (nSPS) is 52.4. The largest absolute Gasteiger partial charge is 0.370 e. The number of fused-ring (bicyclic) bond motifs is 4. The molecule has 4 aliphatic carbocycles. The fraction of sp³-hybridized carbons (Fsp3) is 0.714. The van der Waals surface area contributed by atoms with Crippen LogP contribution < -0.4 is 0 Å². The summed E-state index contributed by atoms with van der Waals surface area (Å²) in [6.45, 7) is 0. The Bertz CT molecular complexity index is 755. The minimum atomic E-state index is -1.74. The summed E-state index contributed by atoms with van der Waals surface area (Å²) in [5.41, 5.74) is 0. The highest BCUT2D eigenvalue weighted by molar-refractivity contribution is 6.67. The molecule has 2 saturated carbocycles. The lowest BCUT2D eigenvalue weighted by molar-refractivity contribution is -0.0269. The Morgan fingerprint density at radius 3 is 1.07 bits per heavy atom. The predicted octanol–water partition coefficient (Wildman–Crippen LogP) is 8.21. The molecule has 27 heavy (non-hydrogen) atoms. The molecule has 1 nitrogen and oxygen atoms in total. The molecule has 0 radical (unpaired) electrons. The topological polar surface area (TPSA) is 9.23 Å². The zero-order valence-corrected chi connectivity index (χ0v) is 21.6. The van der Waals surface area contributed by atoms with Gasteiger partial charge in [0, 0.05) is 12.8 Å². The van der Waals surface area contributed by atoms with Gasteiger partial charge in [0.05, 0.1) is 32.3 Å². The number of hydrogen-bond donors (Lipinski definition) is 0. The Labute approximate surface area is 215 Å². The fourth-order valence-corrected chi connectivity index (χ4v) is 9.54. The van der Waals surface area contributed by atoms with Crippen molar-refractivity contribution >= 4 is 139 Å². The van der Waals surface area contributed by atoms with E-state index in [0.717, 1.165) is 0 Å². The molecule has 2 fully saturated rings. The number of rotatable bonds is 2. The van der Waals surface area contributed by atoms with Crippen molar-refractivity contribution in [1.82, 2.24) is 0 Å². The third-order valence-corrected chi connectivity index (χ3v) is 14.3. The van der Waals surface area contributed by atoms with Crippen LogP contribution in [0.25, 0.3) is 0 Å². The third kappa shape index (κ3) is 2.23. The van der Waals surface area contributed by atoms with Gasteiger partial charge in [-0.3, -0.25) is 0 Å². The van der Waals surface area contributed by atoms with Crippen LogP contribution in [0.4, 0.5) is 0 Å². The van der Waals surface area contributed by atoms with Gasteiger partial charge in [0.1, 0.15) is 19.5 Å². The Hall–Kier alpha value is 2.92. The predicted molar refractivity (Wildman–Crippen MR) is 119 cm³/mol. The van der Waals surface area contributed by atoms with E-state index >= 15 is 0 Å². The van der Waals surface area contributed by atoms with Gasteiger partial charge in [-0.1, -0.05) is 92.8 Å². The average molecular weight is 616 g/mol. The highest BCUT2D eigenvalue weighted by Crippen LogP contribution is 2.76. The maximum absolute atomic E-state index is 6.73. The van der Waals surface area contributed by atoms with Crippen molar-refractivity contribution in [2.24, 2.45) is 0 Å². The summed E-state index contributed by atoms with van der Waals surface area (Å²) in [5, 5.41) is 0.130. The lowest BCUT2D eigenvalue weighted by Crippen LogP contribution is -2.51. The number of ether oxygens (including phenoxy) is 1. The maximum atomic E-state index is 6.73. The summed E-state index contributed by atoms with van der Waals surface area (Å²) >= 11 is 77.6. The van der Waals surface area contributed by atoms with Crippen LogP contribution in [0, 0.1) is 0 Å². The number of alkyl halides is 8. The molecule has 4 aliphatic rings. The van der Waals surface area contributed by atoms with Crippen molar-refractivity contribution in [2.45, 2.75) is 53.2 Å². The van der Waals surface area contributed by atoms with E-state index in [1.165, 1.54) is 0 Å². The summed E-state index contributed by atoms with van der Waals surface area (Å²) in [7, 11) is 0. The van der Waals surface area contributed by atoms with Gasteiger partial charge in [-0.05, 0) is 0 Å². The summed E-state index contributed by atoms with van der Waals surface area (Å²) in [6.07, 6.45) is -1.64. The molecule has 4 rings (SSSR count). The fourth-order valence-electron chi connectivity index (χ4n) is 4.19. The second-order valence-corrected chi connectivity index (χ2v) is 13.6. The molecule has 0 aromatic rings. The van der Waals surface area contributed by atoms with Crippen LogP contribution >= 0.6 is 139 Å². The number of halogens is 12. The molecule has 0 aliphatic heterocycles. The van der Waals surface area contributed by atoms with Crippen LogP contribution in [0.3, 0.4) is 0 Å². The molecule has 4 bridgehead atoms. The standard InChI is InChI=1S/C14H6Cl12O/c15-5-7(17)11(21)3(1-9(5,19)13(11,23)24)27-4-2-10(20)6(16)8(18)12(4,22)14(10,25)26/h3-4H,1-2H2. The van der Waals surface area contributed by atoms with E-state index in [-0.39, 0.29) is 33.0 Å². The molecule has 6 atom stereocenters. The lowest BCUT2D eigenvalue weighted by atomic mass is 9.99. The van der Waals surface area contributed by atoms with E-state index in [1.807, 2.05) is 0 Å². The molecule has 0 aromatic heterocycles. The van der Waals surface area contributed by atoms with E-state index in [2.05, 4.69) is 0 Å². The second kappa shape index (κ2) is 6.28. The van der Waals surface area contributed by atoms with Crippen LogP contribution in [-0.4, -0.2) is 40.4 Å². The highest BCUT2D eigenvalue weighted by atomic mass is 35.5. The Balaban J connectivity index is 1.75. The Morgan fingerprint density at radius 2 is 0.852 bits per heavy atom. The van der Waals surface area contributed by atoms with Gasteiger partial charge < -0.3 is 4.74 Å². The van der Waals surface area contributed by atoms with Gasteiger partial charge in [-0.2, -0.15) is 0 Å². The number of hydrogen-bond acceptors (Lipinski definition) is 1. The van der Waals surface area contributed by atoms with Gasteiger partial charge in [-0.15, -0.1) is 46.4 Å². The van der Waals surface area contributed by atoms with Gasteiger partial charge in [0.25, 0.3) is 0 Å². The van der Waals surface area contributed by atoms with Gasteiger partial charge in [0.15, 0.2) is 8.67 Å². The van der Waals surface area contributed by atoms with E-state index in [9.17, 15) is 0 Å². The molecule has 152 valence electrons. The third-order valence-electron chi connectivity index (χ3n) is 5.78. The average Bonchev–Trinajstić information content (AvgIpc) is 2.91. The van der Waals surface area contributed by atoms with Gasteiger partial charge in [0.2, 0.25) is 0 Å². The zero-order chi connectivity index (χ0) is 20.6. The quantitative estimate of drug-likeness (QED) is 0.285. The molecule has 0 amide bonds.